The second kappa shape index (κ2) is 5.40. The van der Waals surface area contributed by atoms with Gasteiger partial charge in [-0.3, -0.25) is 4.79 Å². The van der Waals surface area contributed by atoms with Crippen molar-refractivity contribution >= 4 is 17.6 Å². The molecule has 0 aliphatic rings. The Bertz CT molecular complexity index is 666. The van der Waals surface area contributed by atoms with Gasteiger partial charge in [-0.2, -0.15) is 0 Å². The molecule has 1 heterocycles. The Morgan fingerprint density at radius 2 is 1.81 bits per heavy atom. The molecular formula is C15H17N3O3. The number of hydrogen-bond donors (Lipinski definition) is 3. The zero-order chi connectivity index (χ0) is 15.6. The van der Waals surface area contributed by atoms with E-state index < -0.39 is 11.9 Å². The van der Waals surface area contributed by atoms with E-state index in [1.54, 1.807) is 12.1 Å². The Hall–Kier alpha value is -2.63. The molecule has 1 aromatic heterocycles. The number of aromatic carboxylic acids is 1. The minimum Gasteiger partial charge on any atom is -0.477 e. The van der Waals surface area contributed by atoms with Gasteiger partial charge in [-0.1, -0.05) is 32.9 Å². The number of aromatic amines is 1. The predicted molar refractivity (Wildman–Crippen MR) is 78.6 cm³/mol. The number of imidazole rings is 1. The van der Waals surface area contributed by atoms with Crippen LogP contribution in [0.4, 0.5) is 5.69 Å². The Kier molecular flexibility index (Phi) is 3.80. The maximum absolute atomic E-state index is 12.0. The minimum atomic E-state index is -1.22. The Morgan fingerprint density at radius 1 is 1.19 bits per heavy atom. The molecule has 0 saturated carbocycles. The lowest BCUT2D eigenvalue weighted by Gasteiger charge is -2.19. The van der Waals surface area contributed by atoms with Crippen LogP contribution in [-0.4, -0.2) is 27.0 Å². The van der Waals surface area contributed by atoms with Crippen molar-refractivity contribution in [3.05, 3.63) is 47.5 Å². The van der Waals surface area contributed by atoms with Crippen LogP contribution in [0.2, 0.25) is 0 Å². The van der Waals surface area contributed by atoms with Gasteiger partial charge in [0.15, 0.2) is 11.4 Å². The first-order chi connectivity index (χ1) is 9.79. The van der Waals surface area contributed by atoms with Crippen LogP contribution in [-0.2, 0) is 5.41 Å². The summed E-state index contributed by atoms with van der Waals surface area (Å²) >= 11 is 0. The summed E-state index contributed by atoms with van der Waals surface area (Å²) in [4.78, 5) is 29.1. The Balaban J connectivity index is 2.16. The lowest BCUT2D eigenvalue weighted by atomic mass is 9.87. The average molecular weight is 287 g/mol. The van der Waals surface area contributed by atoms with Crippen molar-refractivity contribution in [1.29, 1.82) is 0 Å². The lowest BCUT2D eigenvalue weighted by molar-refractivity contribution is 0.0686. The maximum atomic E-state index is 12.0. The molecular weight excluding hydrogens is 270 g/mol. The molecule has 0 bridgehead atoms. The third-order valence-electron chi connectivity index (χ3n) is 3.08. The average Bonchev–Trinajstić information content (AvgIpc) is 2.87. The van der Waals surface area contributed by atoms with E-state index >= 15 is 0 Å². The van der Waals surface area contributed by atoms with Crippen molar-refractivity contribution in [1.82, 2.24) is 9.97 Å². The molecule has 110 valence electrons. The van der Waals surface area contributed by atoms with E-state index in [0.29, 0.717) is 5.69 Å². The van der Waals surface area contributed by atoms with Gasteiger partial charge in [-0.25, -0.2) is 9.78 Å². The third kappa shape index (κ3) is 3.28. The van der Waals surface area contributed by atoms with Crippen LogP contribution >= 0.6 is 0 Å². The largest absolute Gasteiger partial charge is 0.477 e. The van der Waals surface area contributed by atoms with E-state index in [9.17, 15) is 9.59 Å². The number of amides is 1. The Labute approximate surface area is 122 Å². The van der Waals surface area contributed by atoms with Crippen LogP contribution in [0, 0.1) is 0 Å². The molecule has 0 fully saturated rings. The maximum Gasteiger partial charge on any atom is 0.354 e. The van der Waals surface area contributed by atoms with Crippen molar-refractivity contribution in [2.24, 2.45) is 0 Å². The number of nitrogens with zero attached hydrogens (tertiary/aromatic N) is 1. The number of carbonyl (C=O) groups excluding carboxylic acids is 1. The van der Waals surface area contributed by atoms with E-state index in [4.69, 9.17) is 5.11 Å². The smallest absolute Gasteiger partial charge is 0.354 e. The van der Waals surface area contributed by atoms with Crippen LogP contribution < -0.4 is 5.32 Å². The molecule has 0 aliphatic heterocycles. The highest BCUT2D eigenvalue weighted by molar-refractivity contribution is 6.08. The second-order valence-corrected chi connectivity index (χ2v) is 5.71. The summed E-state index contributed by atoms with van der Waals surface area (Å²) in [5.74, 6) is -1.78. The van der Waals surface area contributed by atoms with Crippen molar-refractivity contribution < 1.29 is 14.7 Å². The number of rotatable bonds is 3. The van der Waals surface area contributed by atoms with E-state index in [2.05, 4.69) is 36.1 Å². The van der Waals surface area contributed by atoms with Crippen molar-refractivity contribution in [2.75, 3.05) is 5.32 Å². The zero-order valence-electron chi connectivity index (χ0n) is 12.1. The van der Waals surface area contributed by atoms with Crippen molar-refractivity contribution in [2.45, 2.75) is 26.2 Å². The fraction of sp³-hybridized carbons (Fsp3) is 0.267. The molecule has 1 amide bonds. The van der Waals surface area contributed by atoms with Gasteiger partial charge in [0.1, 0.15) is 0 Å². The highest BCUT2D eigenvalue weighted by Crippen LogP contribution is 2.23. The summed E-state index contributed by atoms with van der Waals surface area (Å²) in [5.41, 5.74) is 1.40. The first kappa shape index (κ1) is 14.8. The molecule has 6 nitrogen and oxygen atoms in total. The lowest BCUT2D eigenvalue weighted by Crippen LogP contribution is -2.17. The van der Waals surface area contributed by atoms with E-state index in [1.807, 2.05) is 12.1 Å². The van der Waals surface area contributed by atoms with Gasteiger partial charge in [0.25, 0.3) is 5.91 Å². The fourth-order valence-corrected chi connectivity index (χ4v) is 1.87. The highest BCUT2D eigenvalue weighted by Gasteiger charge is 2.20. The van der Waals surface area contributed by atoms with Gasteiger partial charge in [0, 0.05) is 5.69 Å². The van der Waals surface area contributed by atoms with Crippen molar-refractivity contribution in [3.8, 4) is 0 Å². The summed E-state index contributed by atoms with van der Waals surface area (Å²) in [6.07, 6.45) is 1.18. The van der Waals surface area contributed by atoms with Gasteiger partial charge < -0.3 is 15.4 Å². The molecule has 2 aromatic rings. The summed E-state index contributed by atoms with van der Waals surface area (Å²) < 4.78 is 0. The number of nitrogens with one attached hydrogen (secondary N) is 2. The molecule has 21 heavy (non-hydrogen) atoms. The summed E-state index contributed by atoms with van der Waals surface area (Å²) in [6, 6.07) is 7.42. The first-order valence-electron chi connectivity index (χ1n) is 6.47. The van der Waals surface area contributed by atoms with E-state index in [1.165, 1.54) is 6.33 Å². The SMILES string of the molecule is CC(C)(C)c1ccc(NC(=O)c2nc[nH]c2C(=O)O)cc1. The number of anilines is 1. The minimum absolute atomic E-state index is 0.0290. The van der Waals surface area contributed by atoms with Gasteiger partial charge >= 0.3 is 5.97 Å². The molecule has 0 unspecified atom stereocenters. The molecule has 0 spiro atoms. The molecule has 2 rings (SSSR count). The molecule has 3 N–H and O–H groups in total. The molecule has 0 atom stereocenters. The topological polar surface area (TPSA) is 95.1 Å². The number of carboxylic acid groups (broad SMARTS) is 1. The summed E-state index contributed by atoms with van der Waals surface area (Å²) in [6.45, 7) is 6.30. The quantitative estimate of drug-likeness (QED) is 0.808. The van der Waals surface area contributed by atoms with E-state index in [-0.39, 0.29) is 16.8 Å². The van der Waals surface area contributed by atoms with Crippen LogP contribution in [0.3, 0.4) is 0 Å². The van der Waals surface area contributed by atoms with Gasteiger partial charge in [0.05, 0.1) is 6.33 Å². The van der Waals surface area contributed by atoms with Gasteiger partial charge in [0.2, 0.25) is 0 Å². The van der Waals surface area contributed by atoms with Gasteiger partial charge in [-0.15, -0.1) is 0 Å². The number of H-pyrrole nitrogens is 1. The molecule has 1 aromatic carbocycles. The molecule has 6 heteroatoms. The standard InChI is InChI=1S/C15H17N3O3/c1-15(2,3)9-4-6-10(7-5-9)18-13(19)11-12(14(20)21)17-8-16-11/h4-8H,1-3H3,(H,16,17)(H,18,19)(H,20,21). The molecule has 0 saturated heterocycles. The highest BCUT2D eigenvalue weighted by atomic mass is 16.4. The van der Waals surface area contributed by atoms with E-state index in [0.717, 1.165) is 5.56 Å². The fourth-order valence-electron chi connectivity index (χ4n) is 1.87. The van der Waals surface area contributed by atoms with Crippen LogP contribution in [0.1, 0.15) is 47.3 Å². The molecule has 0 radical (unpaired) electrons. The summed E-state index contributed by atoms with van der Waals surface area (Å²) in [5, 5.41) is 11.6. The predicted octanol–water partition coefficient (Wildman–Crippen LogP) is 2.66. The number of hydrogen-bond acceptors (Lipinski definition) is 3. The first-order valence-corrected chi connectivity index (χ1v) is 6.47. The van der Waals surface area contributed by atoms with Crippen LogP contribution in [0.25, 0.3) is 0 Å². The third-order valence-corrected chi connectivity index (χ3v) is 3.08. The second-order valence-electron chi connectivity index (χ2n) is 5.71. The Morgan fingerprint density at radius 3 is 2.33 bits per heavy atom. The summed E-state index contributed by atoms with van der Waals surface area (Å²) in [7, 11) is 0. The zero-order valence-corrected chi connectivity index (χ0v) is 12.1. The van der Waals surface area contributed by atoms with Crippen molar-refractivity contribution in [3.63, 3.8) is 0 Å². The number of carboxylic acids is 1. The monoisotopic (exact) mass is 287 g/mol. The normalized spacial score (nSPS) is 11.2. The van der Waals surface area contributed by atoms with Gasteiger partial charge in [-0.05, 0) is 23.1 Å². The number of aromatic nitrogens is 2. The van der Waals surface area contributed by atoms with Crippen LogP contribution in [0.5, 0.6) is 0 Å². The molecule has 0 aliphatic carbocycles. The number of benzene rings is 1. The number of carbonyl (C=O) groups is 2. The van der Waals surface area contributed by atoms with Crippen LogP contribution in [0.15, 0.2) is 30.6 Å².